The summed E-state index contributed by atoms with van der Waals surface area (Å²) in [5.74, 6) is 0. The summed E-state index contributed by atoms with van der Waals surface area (Å²) in [6.07, 6.45) is 0. The quantitative estimate of drug-likeness (QED) is 0.915. The molecule has 0 amide bonds. The summed E-state index contributed by atoms with van der Waals surface area (Å²) in [5, 5.41) is 0. The topological polar surface area (TPSA) is 32.5 Å². The van der Waals surface area contributed by atoms with E-state index in [1.807, 2.05) is 0 Å². The first-order valence-electron chi connectivity index (χ1n) is 7.48. The molecule has 1 aromatic carbocycles. The largest absolute Gasteiger partial charge is 0.326 e. The van der Waals surface area contributed by atoms with Gasteiger partial charge in [0.1, 0.15) is 0 Å². The Balaban J connectivity index is 2.11. The molecule has 1 heterocycles. The van der Waals surface area contributed by atoms with Gasteiger partial charge < -0.3 is 5.73 Å². The van der Waals surface area contributed by atoms with Gasteiger partial charge in [0.25, 0.3) is 0 Å². The van der Waals surface area contributed by atoms with E-state index >= 15 is 0 Å². The molecule has 2 unspecified atom stereocenters. The number of benzene rings is 1. The van der Waals surface area contributed by atoms with Crippen molar-refractivity contribution in [2.45, 2.75) is 38.9 Å². The maximum atomic E-state index is 6.27. The van der Waals surface area contributed by atoms with Crippen molar-refractivity contribution < 1.29 is 0 Å². The van der Waals surface area contributed by atoms with Crippen LogP contribution in [0.4, 0.5) is 0 Å². The Hall–Kier alpha value is -0.420. The van der Waals surface area contributed by atoms with Crippen molar-refractivity contribution in [3.8, 4) is 0 Å². The lowest BCUT2D eigenvalue weighted by molar-refractivity contribution is 0.0705. The Morgan fingerprint density at radius 3 is 2.15 bits per heavy atom. The molecule has 20 heavy (non-hydrogen) atoms. The zero-order valence-electron chi connectivity index (χ0n) is 12.7. The van der Waals surface area contributed by atoms with Crippen LogP contribution in [0.25, 0.3) is 0 Å². The minimum Gasteiger partial charge on any atom is -0.326 e. The molecule has 2 atom stereocenters. The second kappa shape index (κ2) is 7.03. The highest BCUT2D eigenvalue weighted by molar-refractivity contribution is 9.10. The summed E-state index contributed by atoms with van der Waals surface area (Å²) in [4.78, 5) is 5.07. The minimum absolute atomic E-state index is 0.134. The number of nitrogens with zero attached hydrogens (tertiary/aromatic N) is 2. The van der Waals surface area contributed by atoms with E-state index in [2.05, 4.69) is 70.8 Å². The lowest BCUT2D eigenvalue weighted by Gasteiger charge is -2.42. The molecule has 1 fully saturated rings. The molecule has 2 rings (SSSR count). The number of hydrogen-bond acceptors (Lipinski definition) is 3. The zero-order chi connectivity index (χ0) is 14.7. The highest BCUT2D eigenvalue weighted by Crippen LogP contribution is 2.27. The molecule has 0 spiro atoms. The SMILES string of the molecule is CC(N)C(c1cccc(Br)c1)N1CCN(C(C)C)CC1. The predicted octanol–water partition coefficient (Wildman–Crippen LogP) is 2.86. The number of nitrogens with two attached hydrogens (primary N) is 1. The Kier molecular flexibility index (Phi) is 5.61. The number of rotatable bonds is 4. The molecular formula is C16H26BrN3. The standard InChI is InChI=1S/C16H26BrN3/c1-12(2)19-7-9-20(10-8-19)16(13(3)18)14-5-4-6-15(17)11-14/h4-6,11-13,16H,7-10,18H2,1-3H3. The zero-order valence-corrected chi connectivity index (χ0v) is 14.3. The molecule has 3 nitrogen and oxygen atoms in total. The van der Waals surface area contributed by atoms with Gasteiger partial charge in [-0.2, -0.15) is 0 Å². The molecule has 4 heteroatoms. The molecule has 1 aromatic rings. The van der Waals surface area contributed by atoms with Gasteiger partial charge in [-0.05, 0) is 38.5 Å². The third kappa shape index (κ3) is 3.82. The lowest BCUT2D eigenvalue weighted by Crippen LogP contribution is -2.52. The van der Waals surface area contributed by atoms with Crippen LogP contribution in [-0.4, -0.2) is 48.1 Å². The van der Waals surface area contributed by atoms with Crippen molar-refractivity contribution in [3.05, 3.63) is 34.3 Å². The number of piperazine rings is 1. The van der Waals surface area contributed by atoms with E-state index in [0.717, 1.165) is 30.7 Å². The molecular weight excluding hydrogens is 314 g/mol. The van der Waals surface area contributed by atoms with Gasteiger partial charge in [-0.1, -0.05) is 28.1 Å². The molecule has 0 bridgehead atoms. The summed E-state index contributed by atoms with van der Waals surface area (Å²) < 4.78 is 1.13. The van der Waals surface area contributed by atoms with Crippen LogP contribution in [0.15, 0.2) is 28.7 Å². The van der Waals surface area contributed by atoms with Crippen molar-refractivity contribution in [2.24, 2.45) is 5.73 Å². The van der Waals surface area contributed by atoms with Crippen molar-refractivity contribution >= 4 is 15.9 Å². The Bertz CT molecular complexity index is 425. The summed E-state index contributed by atoms with van der Waals surface area (Å²) in [6, 6.07) is 9.63. The third-order valence-corrected chi connectivity index (χ3v) is 4.65. The molecule has 1 aliphatic rings. The maximum Gasteiger partial charge on any atom is 0.0497 e. The summed E-state index contributed by atoms with van der Waals surface area (Å²) in [6.45, 7) is 11.1. The summed E-state index contributed by atoms with van der Waals surface area (Å²) in [5.41, 5.74) is 7.59. The molecule has 0 aliphatic carbocycles. The normalized spacial score (nSPS) is 21.1. The fourth-order valence-corrected chi connectivity index (χ4v) is 3.49. The smallest absolute Gasteiger partial charge is 0.0497 e. The Labute approximate surface area is 131 Å². The van der Waals surface area contributed by atoms with E-state index in [4.69, 9.17) is 5.73 Å². The molecule has 1 aliphatic heterocycles. The highest BCUT2D eigenvalue weighted by atomic mass is 79.9. The number of halogens is 1. The monoisotopic (exact) mass is 339 g/mol. The predicted molar refractivity (Wildman–Crippen MR) is 88.8 cm³/mol. The van der Waals surface area contributed by atoms with E-state index in [9.17, 15) is 0 Å². The van der Waals surface area contributed by atoms with E-state index in [0.29, 0.717) is 12.1 Å². The molecule has 112 valence electrons. The molecule has 0 saturated carbocycles. The first kappa shape index (κ1) is 16.0. The van der Waals surface area contributed by atoms with E-state index in [-0.39, 0.29) is 6.04 Å². The first-order valence-corrected chi connectivity index (χ1v) is 8.27. The van der Waals surface area contributed by atoms with Crippen LogP contribution < -0.4 is 5.73 Å². The molecule has 2 N–H and O–H groups in total. The Morgan fingerprint density at radius 1 is 1.05 bits per heavy atom. The average Bonchev–Trinajstić information content (AvgIpc) is 2.39. The van der Waals surface area contributed by atoms with E-state index < -0.39 is 0 Å². The van der Waals surface area contributed by atoms with Crippen LogP contribution >= 0.6 is 15.9 Å². The second-order valence-electron chi connectivity index (χ2n) is 6.02. The Morgan fingerprint density at radius 2 is 1.65 bits per heavy atom. The average molecular weight is 340 g/mol. The van der Waals surface area contributed by atoms with Gasteiger partial charge in [0.15, 0.2) is 0 Å². The van der Waals surface area contributed by atoms with Crippen molar-refractivity contribution in [1.29, 1.82) is 0 Å². The van der Waals surface area contributed by atoms with Gasteiger partial charge in [0.05, 0.1) is 0 Å². The summed E-state index contributed by atoms with van der Waals surface area (Å²) >= 11 is 3.56. The van der Waals surface area contributed by atoms with E-state index in [1.54, 1.807) is 0 Å². The van der Waals surface area contributed by atoms with Crippen molar-refractivity contribution in [1.82, 2.24) is 9.80 Å². The van der Waals surface area contributed by atoms with Crippen LogP contribution in [0.5, 0.6) is 0 Å². The molecule has 0 aromatic heterocycles. The van der Waals surface area contributed by atoms with Crippen LogP contribution in [-0.2, 0) is 0 Å². The maximum absolute atomic E-state index is 6.27. The van der Waals surface area contributed by atoms with Crippen LogP contribution in [0.2, 0.25) is 0 Å². The van der Waals surface area contributed by atoms with E-state index in [1.165, 1.54) is 5.56 Å². The lowest BCUT2D eigenvalue weighted by atomic mass is 9.98. The van der Waals surface area contributed by atoms with Crippen LogP contribution in [0.3, 0.4) is 0 Å². The minimum atomic E-state index is 0.134. The molecule has 1 saturated heterocycles. The van der Waals surface area contributed by atoms with Gasteiger partial charge in [0, 0.05) is 48.8 Å². The second-order valence-corrected chi connectivity index (χ2v) is 6.94. The van der Waals surface area contributed by atoms with Crippen LogP contribution in [0, 0.1) is 0 Å². The van der Waals surface area contributed by atoms with Gasteiger partial charge in [-0.3, -0.25) is 9.80 Å². The van der Waals surface area contributed by atoms with Gasteiger partial charge in [-0.15, -0.1) is 0 Å². The number of hydrogen-bond donors (Lipinski definition) is 1. The van der Waals surface area contributed by atoms with Crippen molar-refractivity contribution in [3.63, 3.8) is 0 Å². The van der Waals surface area contributed by atoms with Gasteiger partial charge in [0.2, 0.25) is 0 Å². The first-order chi connectivity index (χ1) is 9.49. The molecule has 0 radical (unpaired) electrons. The van der Waals surface area contributed by atoms with Gasteiger partial charge in [-0.25, -0.2) is 0 Å². The summed E-state index contributed by atoms with van der Waals surface area (Å²) in [7, 11) is 0. The fraction of sp³-hybridized carbons (Fsp3) is 0.625. The van der Waals surface area contributed by atoms with Gasteiger partial charge >= 0.3 is 0 Å². The third-order valence-electron chi connectivity index (χ3n) is 4.16. The van der Waals surface area contributed by atoms with Crippen LogP contribution in [0.1, 0.15) is 32.4 Å². The fourth-order valence-electron chi connectivity index (χ4n) is 3.07. The highest BCUT2D eigenvalue weighted by Gasteiger charge is 2.28. The van der Waals surface area contributed by atoms with Crippen molar-refractivity contribution in [2.75, 3.05) is 26.2 Å².